The third kappa shape index (κ3) is 2.93. The first-order valence-corrected chi connectivity index (χ1v) is 5.89. The lowest BCUT2D eigenvalue weighted by molar-refractivity contribution is 0.0516. The fourth-order valence-corrected chi connectivity index (χ4v) is 1.70. The van der Waals surface area contributed by atoms with E-state index in [1.807, 2.05) is 13.8 Å². The number of aromatic nitrogens is 2. The Morgan fingerprint density at radius 3 is 2.59 bits per heavy atom. The zero-order valence-electron chi connectivity index (χ0n) is 10.5. The molecule has 0 aliphatic rings. The maximum Gasteiger partial charge on any atom is 0.359 e. The van der Waals surface area contributed by atoms with Gasteiger partial charge in [0.2, 0.25) is 0 Å². The van der Waals surface area contributed by atoms with Gasteiger partial charge in [-0.1, -0.05) is 13.8 Å². The van der Waals surface area contributed by atoms with E-state index in [1.165, 1.54) is 0 Å². The van der Waals surface area contributed by atoms with Gasteiger partial charge in [-0.2, -0.15) is 5.10 Å². The normalized spacial score (nSPS) is 10.6. The van der Waals surface area contributed by atoms with Crippen LogP contribution in [0.4, 0.5) is 0 Å². The Morgan fingerprint density at radius 1 is 1.47 bits per heavy atom. The average Bonchev–Trinajstić information content (AvgIpc) is 2.75. The molecule has 1 rings (SSSR count). The van der Waals surface area contributed by atoms with Crippen LogP contribution in [0.25, 0.3) is 0 Å². The Morgan fingerprint density at radius 2 is 2.12 bits per heavy atom. The van der Waals surface area contributed by atoms with Crippen molar-refractivity contribution in [2.24, 2.45) is 0 Å². The average molecular weight is 238 g/mol. The fourth-order valence-electron chi connectivity index (χ4n) is 1.70. The second-order valence-electron chi connectivity index (χ2n) is 3.72. The molecule has 1 heterocycles. The van der Waals surface area contributed by atoms with Crippen molar-refractivity contribution in [1.82, 2.24) is 9.78 Å². The number of carbonyl (C=O) groups is 2. The van der Waals surface area contributed by atoms with Crippen LogP contribution in [-0.4, -0.2) is 28.6 Å². The van der Waals surface area contributed by atoms with E-state index in [9.17, 15) is 9.59 Å². The van der Waals surface area contributed by atoms with Gasteiger partial charge in [-0.05, 0) is 19.8 Å². The predicted octanol–water partition coefficient (Wildman–Crippen LogP) is 2.23. The molecule has 0 amide bonds. The predicted molar refractivity (Wildman–Crippen MR) is 63.2 cm³/mol. The first-order chi connectivity index (χ1) is 8.17. The summed E-state index contributed by atoms with van der Waals surface area (Å²) in [5, 5.41) is 4.15. The zero-order chi connectivity index (χ0) is 12.8. The molecule has 0 saturated heterocycles. The van der Waals surface area contributed by atoms with E-state index in [-0.39, 0.29) is 23.9 Å². The van der Waals surface area contributed by atoms with Crippen LogP contribution in [0.5, 0.6) is 0 Å². The Hall–Kier alpha value is -1.65. The Bertz CT molecular complexity index is 394. The lowest BCUT2D eigenvalue weighted by Gasteiger charge is -2.12. The molecule has 94 valence electrons. The van der Waals surface area contributed by atoms with E-state index in [2.05, 4.69) is 5.10 Å². The number of hydrogen-bond donors (Lipinski definition) is 0. The highest BCUT2D eigenvalue weighted by molar-refractivity contribution is 5.96. The maximum absolute atomic E-state index is 11.6. The van der Waals surface area contributed by atoms with Gasteiger partial charge in [0.15, 0.2) is 12.0 Å². The van der Waals surface area contributed by atoms with Crippen molar-refractivity contribution < 1.29 is 14.3 Å². The van der Waals surface area contributed by atoms with E-state index >= 15 is 0 Å². The van der Waals surface area contributed by atoms with Crippen molar-refractivity contribution in [3.63, 3.8) is 0 Å². The number of hydrogen-bond acceptors (Lipinski definition) is 4. The second-order valence-corrected chi connectivity index (χ2v) is 3.72. The van der Waals surface area contributed by atoms with Crippen LogP contribution in [0.2, 0.25) is 0 Å². The molecule has 1 aromatic heterocycles. The van der Waals surface area contributed by atoms with Gasteiger partial charge in [-0.15, -0.1) is 0 Å². The molecule has 0 aromatic carbocycles. The van der Waals surface area contributed by atoms with Gasteiger partial charge in [0.05, 0.1) is 18.2 Å². The highest BCUT2D eigenvalue weighted by Gasteiger charge is 2.19. The molecule has 17 heavy (non-hydrogen) atoms. The Kier molecular flexibility index (Phi) is 4.87. The molecular weight excluding hydrogens is 220 g/mol. The summed E-state index contributed by atoms with van der Waals surface area (Å²) in [7, 11) is 0. The molecule has 5 nitrogen and oxygen atoms in total. The van der Waals surface area contributed by atoms with Crippen LogP contribution in [0, 0.1) is 0 Å². The van der Waals surface area contributed by atoms with Gasteiger partial charge in [0.25, 0.3) is 0 Å². The standard InChI is InChI=1S/C12H18N2O3/c1-4-10(5-2)14-7-9(8-15)11(13-14)12(16)17-6-3/h7-8,10H,4-6H2,1-3H3. The Balaban J connectivity index is 3.05. The minimum absolute atomic E-state index is 0.105. The van der Waals surface area contributed by atoms with Crippen LogP contribution in [0.15, 0.2) is 6.20 Å². The number of ether oxygens (including phenoxy) is 1. The maximum atomic E-state index is 11.6. The molecule has 0 spiro atoms. The molecule has 5 heteroatoms. The molecule has 0 radical (unpaired) electrons. The molecule has 0 N–H and O–H groups in total. The van der Waals surface area contributed by atoms with Gasteiger partial charge in [-0.25, -0.2) is 4.79 Å². The summed E-state index contributed by atoms with van der Waals surface area (Å²) in [4.78, 5) is 22.5. The van der Waals surface area contributed by atoms with Gasteiger partial charge in [0, 0.05) is 6.20 Å². The number of esters is 1. The van der Waals surface area contributed by atoms with Gasteiger partial charge >= 0.3 is 5.97 Å². The SMILES string of the molecule is CCOC(=O)c1nn(C(CC)CC)cc1C=O. The minimum Gasteiger partial charge on any atom is -0.461 e. The molecular formula is C12H18N2O3. The smallest absolute Gasteiger partial charge is 0.359 e. The van der Waals surface area contributed by atoms with Crippen LogP contribution in [0.3, 0.4) is 0 Å². The second kappa shape index (κ2) is 6.18. The third-order valence-electron chi connectivity index (χ3n) is 2.67. The summed E-state index contributed by atoms with van der Waals surface area (Å²) < 4.78 is 6.53. The monoisotopic (exact) mass is 238 g/mol. The summed E-state index contributed by atoms with van der Waals surface area (Å²) in [5.41, 5.74) is 0.393. The van der Waals surface area contributed by atoms with E-state index in [4.69, 9.17) is 4.74 Å². The fraction of sp³-hybridized carbons (Fsp3) is 0.583. The summed E-state index contributed by atoms with van der Waals surface area (Å²) >= 11 is 0. The van der Waals surface area contributed by atoms with Gasteiger partial charge in [-0.3, -0.25) is 9.48 Å². The highest BCUT2D eigenvalue weighted by atomic mass is 16.5. The van der Waals surface area contributed by atoms with Crippen LogP contribution in [0.1, 0.15) is 60.5 Å². The van der Waals surface area contributed by atoms with Crippen molar-refractivity contribution in [2.75, 3.05) is 6.61 Å². The number of nitrogens with zero attached hydrogens (tertiary/aromatic N) is 2. The number of aldehydes is 1. The topological polar surface area (TPSA) is 61.2 Å². The molecule has 0 aliphatic carbocycles. The first kappa shape index (κ1) is 13.4. The summed E-state index contributed by atoms with van der Waals surface area (Å²) in [6.45, 7) is 6.08. The molecule has 0 fully saturated rings. The molecule has 0 aliphatic heterocycles. The summed E-state index contributed by atoms with van der Waals surface area (Å²) in [5.74, 6) is -0.542. The van der Waals surface area contributed by atoms with E-state index in [0.717, 1.165) is 12.8 Å². The lowest BCUT2D eigenvalue weighted by atomic mass is 10.2. The third-order valence-corrected chi connectivity index (χ3v) is 2.67. The van der Waals surface area contributed by atoms with E-state index in [1.54, 1.807) is 17.8 Å². The molecule has 0 saturated carbocycles. The van der Waals surface area contributed by atoms with Crippen LogP contribution >= 0.6 is 0 Å². The van der Waals surface area contributed by atoms with E-state index in [0.29, 0.717) is 6.29 Å². The molecule has 0 atom stereocenters. The van der Waals surface area contributed by atoms with Crippen molar-refractivity contribution in [3.8, 4) is 0 Å². The van der Waals surface area contributed by atoms with Gasteiger partial charge < -0.3 is 4.74 Å². The highest BCUT2D eigenvalue weighted by Crippen LogP contribution is 2.17. The number of rotatable bonds is 6. The van der Waals surface area contributed by atoms with Crippen molar-refractivity contribution in [3.05, 3.63) is 17.5 Å². The van der Waals surface area contributed by atoms with Crippen LogP contribution in [-0.2, 0) is 4.74 Å². The number of carbonyl (C=O) groups excluding carboxylic acids is 2. The molecule has 0 unspecified atom stereocenters. The molecule has 0 bridgehead atoms. The van der Waals surface area contributed by atoms with Crippen molar-refractivity contribution in [2.45, 2.75) is 39.7 Å². The van der Waals surface area contributed by atoms with Crippen molar-refractivity contribution >= 4 is 12.3 Å². The van der Waals surface area contributed by atoms with E-state index < -0.39 is 5.97 Å². The largest absolute Gasteiger partial charge is 0.461 e. The molecule has 1 aromatic rings. The lowest BCUT2D eigenvalue weighted by Crippen LogP contribution is -2.11. The zero-order valence-corrected chi connectivity index (χ0v) is 10.5. The van der Waals surface area contributed by atoms with Crippen molar-refractivity contribution in [1.29, 1.82) is 0 Å². The summed E-state index contributed by atoms with van der Waals surface area (Å²) in [6.07, 6.45) is 4.05. The van der Waals surface area contributed by atoms with Crippen LogP contribution < -0.4 is 0 Å². The Labute approximate surface area is 101 Å². The first-order valence-electron chi connectivity index (χ1n) is 5.89. The summed E-state index contributed by atoms with van der Waals surface area (Å²) in [6, 6.07) is 0.205. The minimum atomic E-state index is -0.542. The van der Waals surface area contributed by atoms with Gasteiger partial charge in [0.1, 0.15) is 0 Å². The quantitative estimate of drug-likeness (QED) is 0.563.